The Bertz CT molecular complexity index is 4420. The van der Waals surface area contributed by atoms with E-state index in [9.17, 15) is 26.3 Å². The van der Waals surface area contributed by atoms with Crippen LogP contribution in [0.5, 0.6) is 0 Å². The van der Waals surface area contributed by atoms with Gasteiger partial charge in [0.15, 0.2) is 0 Å². The molecule has 0 aliphatic heterocycles. The molecule has 10 heteroatoms. The lowest BCUT2D eigenvalue weighted by Crippen LogP contribution is -2.08. The van der Waals surface area contributed by atoms with Crippen molar-refractivity contribution in [2.75, 3.05) is 0 Å². The Morgan fingerprint density at radius 2 is 0.658 bits per heavy atom. The molecule has 76 heavy (non-hydrogen) atoms. The van der Waals surface area contributed by atoms with Crippen molar-refractivity contribution in [3.8, 4) is 97.4 Å². The monoisotopic (exact) mass is 981 g/mol. The topological polar surface area (TPSA) is 129 Å². The van der Waals surface area contributed by atoms with E-state index in [1.54, 1.807) is 48.5 Å². The number of fused-ring (bicyclic) bond motifs is 6. The minimum atomic E-state index is -4.75. The van der Waals surface area contributed by atoms with Crippen molar-refractivity contribution in [1.82, 2.24) is 9.13 Å². The first-order valence-electron chi connectivity index (χ1n) is 24.0. The lowest BCUT2D eigenvalue weighted by molar-refractivity contribution is -0.137. The number of alkyl halides is 3. The average Bonchev–Trinajstić information content (AvgIpc) is 4.07. The van der Waals surface area contributed by atoms with Crippen LogP contribution in [0.15, 0.2) is 206 Å². The second kappa shape index (κ2) is 18.3. The Labute approximate surface area is 433 Å². The van der Waals surface area contributed by atoms with Gasteiger partial charge in [-0.15, -0.1) is 0 Å². The molecule has 2 aromatic heterocycles. The highest BCUT2D eigenvalue weighted by Gasteiger charge is 2.33. The predicted octanol–water partition coefficient (Wildman–Crippen LogP) is 16.6. The van der Waals surface area contributed by atoms with Gasteiger partial charge in [0.2, 0.25) is 0 Å². The smallest absolute Gasteiger partial charge is 0.309 e. The van der Waals surface area contributed by atoms with Gasteiger partial charge in [0.05, 0.1) is 97.2 Å². The second-order valence-electron chi connectivity index (χ2n) is 18.3. The van der Waals surface area contributed by atoms with E-state index in [0.29, 0.717) is 72.0 Å². The van der Waals surface area contributed by atoms with Gasteiger partial charge >= 0.3 is 6.18 Å². The Kier molecular flexibility index (Phi) is 11.1. The molecule has 0 saturated carbocycles. The van der Waals surface area contributed by atoms with Crippen molar-refractivity contribution < 1.29 is 13.2 Å². The van der Waals surface area contributed by atoms with Gasteiger partial charge in [-0.05, 0) is 148 Å². The molecule has 0 saturated heterocycles. The molecule has 0 amide bonds. The van der Waals surface area contributed by atoms with Crippen molar-refractivity contribution in [2.45, 2.75) is 6.18 Å². The summed E-state index contributed by atoms with van der Waals surface area (Å²) in [5.74, 6) is 0. The first-order valence-corrected chi connectivity index (χ1v) is 24.0. The van der Waals surface area contributed by atoms with E-state index in [4.69, 9.17) is 0 Å². The van der Waals surface area contributed by atoms with Gasteiger partial charge < -0.3 is 9.13 Å². The van der Waals surface area contributed by atoms with Crippen LogP contribution >= 0.6 is 0 Å². The molecular weight excluding hydrogens is 948 g/mol. The summed E-state index contributed by atoms with van der Waals surface area (Å²) < 4.78 is 49.6. The van der Waals surface area contributed by atoms with Crippen LogP contribution in [0.25, 0.3) is 111 Å². The van der Waals surface area contributed by atoms with Crippen LogP contribution in [0.4, 0.5) is 13.2 Å². The number of benzene rings is 10. The highest BCUT2D eigenvalue weighted by molar-refractivity contribution is 6.14. The summed E-state index contributed by atoms with van der Waals surface area (Å²) in [6, 6.07) is 72.7. The van der Waals surface area contributed by atoms with Crippen LogP contribution in [0.2, 0.25) is 0 Å². The maximum absolute atomic E-state index is 15.2. The molecule has 0 atom stereocenters. The van der Waals surface area contributed by atoms with Gasteiger partial charge in [0.25, 0.3) is 0 Å². The lowest BCUT2D eigenvalue weighted by atomic mass is 9.96. The fourth-order valence-electron chi connectivity index (χ4n) is 10.7. The Balaban J connectivity index is 1.17. The summed E-state index contributed by atoms with van der Waals surface area (Å²) in [7, 11) is 0. The Morgan fingerprint density at radius 3 is 1.00 bits per heavy atom. The number of nitrogens with zero attached hydrogens (tertiary/aromatic N) is 7. The summed E-state index contributed by atoms with van der Waals surface area (Å²) >= 11 is 0. The van der Waals surface area contributed by atoms with E-state index in [0.717, 1.165) is 67.3 Å². The molecule has 0 aliphatic rings. The molecule has 0 spiro atoms. The number of hydrogen-bond donors (Lipinski definition) is 0. The highest BCUT2D eigenvalue weighted by Crippen LogP contribution is 2.46. The van der Waals surface area contributed by atoms with Gasteiger partial charge in [0, 0.05) is 32.7 Å². The summed E-state index contributed by atoms with van der Waals surface area (Å²) in [5, 5.41) is 54.1. The molecule has 10 aromatic carbocycles. The van der Waals surface area contributed by atoms with E-state index in [1.807, 2.05) is 149 Å². The second-order valence-corrected chi connectivity index (χ2v) is 18.3. The van der Waals surface area contributed by atoms with Gasteiger partial charge in [-0.25, -0.2) is 0 Å². The molecule has 7 nitrogen and oxygen atoms in total. The fourth-order valence-corrected chi connectivity index (χ4v) is 10.7. The van der Waals surface area contributed by atoms with Gasteiger partial charge in [-0.1, -0.05) is 103 Å². The van der Waals surface area contributed by atoms with E-state index in [-0.39, 0.29) is 11.3 Å². The number of aromatic nitrogens is 2. The highest BCUT2D eigenvalue weighted by atomic mass is 19.4. The molecule has 0 N–H and O–H groups in total. The zero-order chi connectivity index (χ0) is 52.2. The summed E-state index contributed by atoms with van der Waals surface area (Å²) in [5.41, 5.74) is 11.4. The number of halogens is 3. The molecular formula is C66H34F3N7. The Morgan fingerprint density at radius 1 is 0.303 bits per heavy atom. The van der Waals surface area contributed by atoms with E-state index in [2.05, 4.69) is 30.3 Å². The van der Waals surface area contributed by atoms with E-state index >= 15 is 13.2 Å². The van der Waals surface area contributed by atoms with Crippen molar-refractivity contribution in [3.63, 3.8) is 0 Å². The molecule has 0 bridgehead atoms. The van der Waals surface area contributed by atoms with Crippen LogP contribution in [0, 0.1) is 56.7 Å². The first-order chi connectivity index (χ1) is 37.1. The third-order valence-electron chi connectivity index (χ3n) is 14.2. The van der Waals surface area contributed by atoms with E-state index < -0.39 is 11.7 Å². The molecule has 12 aromatic rings. The molecule has 2 heterocycles. The zero-order valence-corrected chi connectivity index (χ0v) is 39.9. The van der Waals surface area contributed by atoms with Crippen molar-refractivity contribution in [3.05, 3.63) is 240 Å². The normalized spacial score (nSPS) is 11.3. The third kappa shape index (κ3) is 7.57. The number of rotatable bonds is 7. The van der Waals surface area contributed by atoms with Crippen LogP contribution in [-0.4, -0.2) is 9.13 Å². The van der Waals surface area contributed by atoms with Crippen molar-refractivity contribution >= 4 is 43.6 Å². The van der Waals surface area contributed by atoms with Crippen LogP contribution < -0.4 is 0 Å². The Hall–Kier alpha value is -11.0. The summed E-state index contributed by atoms with van der Waals surface area (Å²) in [6.07, 6.45) is -4.75. The zero-order valence-electron chi connectivity index (χ0n) is 39.9. The molecule has 354 valence electrons. The number of nitriles is 5. The maximum Gasteiger partial charge on any atom is 0.416 e. The maximum atomic E-state index is 15.2. The van der Waals surface area contributed by atoms with Crippen LogP contribution in [-0.2, 0) is 6.18 Å². The van der Waals surface area contributed by atoms with Crippen molar-refractivity contribution in [2.24, 2.45) is 0 Å². The standard InChI is InChI=1S/C66H34F3N7/c67-66(68,69)49-22-23-54(65(34-49)76-63-27-20-43(52-15-7-3-11-47(52)38-73)32-58(63)59-33-44(21-28-64(59)76)53-16-8-4-12-48(53)39-74)55-29-40(35-70)17-24-60(55)75-61-25-18-41(50-13-5-1-9-45(50)36-71)30-56(61)57-31-42(19-26-62(57)75)51-14-6-2-10-46(51)37-72/h1-34H. The summed E-state index contributed by atoms with van der Waals surface area (Å²) in [4.78, 5) is 0. The summed E-state index contributed by atoms with van der Waals surface area (Å²) in [6.45, 7) is 0. The number of hydrogen-bond acceptors (Lipinski definition) is 5. The third-order valence-corrected chi connectivity index (χ3v) is 14.2. The molecule has 12 rings (SSSR count). The van der Waals surface area contributed by atoms with E-state index in [1.165, 1.54) is 6.07 Å². The minimum Gasteiger partial charge on any atom is -0.309 e. The SMILES string of the molecule is N#Cc1ccc(-n2c3ccc(-c4ccccc4C#N)cc3c3cc(-c4ccccc4C#N)ccc32)c(-c2ccc(C(F)(F)F)cc2-n2c3ccc(-c4ccccc4C#N)cc3c3cc(-c4ccccc4C#N)ccc32)c1. The molecule has 0 aliphatic carbocycles. The molecule has 0 fully saturated rings. The average molecular weight is 982 g/mol. The largest absolute Gasteiger partial charge is 0.416 e. The quantitative estimate of drug-likeness (QED) is 0.157. The first kappa shape index (κ1) is 46.1. The van der Waals surface area contributed by atoms with Gasteiger partial charge in [0.1, 0.15) is 0 Å². The lowest BCUT2D eigenvalue weighted by Gasteiger charge is -2.20. The van der Waals surface area contributed by atoms with Gasteiger partial charge in [-0.2, -0.15) is 39.5 Å². The van der Waals surface area contributed by atoms with Crippen LogP contribution in [0.3, 0.4) is 0 Å². The van der Waals surface area contributed by atoms with Crippen LogP contribution in [0.1, 0.15) is 33.4 Å². The van der Waals surface area contributed by atoms with Gasteiger partial charge in [-0.3, -0.25) is 0 Å². The minimum absolute atomic E-state index is 0.188. The molecule has 0 radical (unpaired) electrons. The molecule has 0 unspecified atom stereocenters. The van der Waals surface area contributed by atoms with Crippen molar-refractivity contribution in [1.29, 1.82) is 26.3 Å². The predicted molar refractivity (Wildman–Crippen MR) is 291 cm³/mol. The fraction of sp³-hybridized carbons (Fsp3) is 0.0152.